The van der Waals surface area contributed by atoms with E-state index in [1.807, 2.05) is 0 Å². The van der Waals surface area contributed by atoms with Crippen LogP contribution in [0.3, 0.4) is 0 Å². The Morgan fingerprint density at radius 2 is 1.57 bits per heavy atom. The molecular weight excluding hydrogens is 285 g/mol. The van der Waals surface area contributed by atoms with E-state index < -0.39 is 0 Å². The molecule has 0 aromatic rings. The number of allylic oxidation sites excluding steroid dienone is 2. The SMILES string of the molecule is C1=CC2[Se][Se]C1[Se]2. The molecule has 0 aliphatic carbocycles. The van der Waals surface area contributed by atoms with E-state index in [4.69, 9.17) is 0 Å². The van der Waals surface area contributed by atoms with E-state index >= 15 is 0 Å². The Bertz CT molecular complexity index is 97.5. The third-order valence-electron chi connectivity index (χ3n) is 0.939. The van der Waals surface area contributed by atoms with Gasteiger partial charge < -0.3 is 0 Å². The van der Waals surface area contributed by atoms with E-state index in [1.54, 1.807) is 0 Å². The predicted molar refractivity (Wildman–Crippen MR) is 33.9 cm³/mol. The molecule has 0 N–H and O–H groups in total. The molecule has 1 fully saturated rings. The number of hydrogen-bond donors (Lipinski definition) is 0. The maximum atomic E-state index is 2.45. The zero-order valence-corrected chi connectivity index (χ0v) is 8.67. The van der Waals surface area contributed by atoms with Crippen molar-refractivity contribution in [2.24, 2.45) is 0 Å². The fraction of sp³-hybridized carbons (Fsp3) is 0.500. The number of fused-ring (bicyclic) bond motifs is 2. The summed E-state index contributed by atoms with van der Waals surface area (Å²) in [5.74, 6) is 0. The first-order valence-electron chi connectivity index (χ1n) is 2.11. The van der Waals surface area contributed by atoms with Gasteiger partial charge in [0.25, 0.3) is 0 Å². The summed E-state index contributed by atoms with van der Waals surface area (Å²) >= 11 is 3.22. The molecule has 2 aliphatic heterocycles. The van der Waals surface area contributed by atoms with E-state index in [-0.39, 0.29) is 0 Å². The van der Waals surface area contributed by atoms with Crippen molar-refractivity contribution in [2.45, 2.75) is 7.43 Å². The van der Waals surface area contributed by atoms with Crippen LogP contribution in [0.4, 0.5) is 0 Å². The van der Waals surface area contributed by atoms with Crippen LogP contribution < -0.4 is 0 Å². The molecule has 7 heavy (non-hydrogen) atoms. The first-order valence-corrected chi connectivity index (χ1v) is 10.4. The molecule has 2 heterocycles. The topological polar surface area (TPSA) is 0 Å². The first kappa shape index (κ1) is 5.11. The fourth-order valence-electron chi connectivity index (χ4n) is 0.623. The van der Waals surface area contributed by atoms with Crippen LogP contribution in [-0.4, -0.2) is 41.2 Å². The average Bonchev–Trinajstić information content (AvgIpc) is 2.22. The standard InChI is InChI=1S/C4H4Se3/c1-2-4-5-3(1)6-7-4/h1-4H. The molecule has 1 saturated heterocycles. The van der Waals surface area contributed by atoms with Crippen LogP contribution in [0.2, 0.25) is 7.43 Å². The number of hydrogen-bond acceptors (Lipinski definition) is 0. The molecule has 2 atom stereocenters. The van der Waals surface area contributed by atoms with Gasteiger partial charge in [-0.2, -0.15) is 0 Å². The van der Waals surface area contributed by atoms with Gasteiger partial charge in [-0.25, -0.2) is 0 Å². The summed E-state index contributed by atoms with van der Waals surface area (Å²) in [7, 11) is 0. The molecule has 0 aromatic carbocycles. The van der Waals surface area contributed by atoms with Crippen molar-refractivity contribution in [1.29, 1.82) is 0 Å². The van der Waals surface area contributed by atoms with Crippen LogP contribution in [0.25, 0.3) is 0 Å². The molecule has 0 aromatic heterocycles. The Hall–Kier alpha value is 1.30. The van der Waals surface area contributed by atoms with Crippen LogP contribution >= 0.6 is 0 Å². The second-order valence-corrected chi connectivity index (χ2v) is 14.3. The van der Waals surface area contributed by atoms with Crippen LogP contribution in [0.15, 0.2) is 12.2 Å². The van der Waals surface area contributed by atoms with E-state index in [9.17, 15) is 0 Å². The van der Waals surface area contributed by atoms with E-state index in [0.717, 1.165) is 48.6 Å². The Morgan fingerprint density at radius 3 is 1.71 bits per heavy atom. The van der Waals surface area contributed by atoms with Crippen molar-refractivity contribution < 1.29 is 0 Å². The van der Waals surface area contributed by atoms with Crippen molar-refractivity contribution in [3.63, 3.8) is 0 Å². The van der Waals surface area contributed by atoms with Gasteiger partial charge in [-0.15, -0.1) is 0 Å². The van der Waals surface area contributed by atoms with Gasteiger partial charge in [0.05, 0.1) is 0 Å². The second-order valence-electron chi connectivity index (χ2n) is 1.45. The zero-order valence-electron chi connectivity index (χ0n) is 3.53. The van der Waals surface area contributed by atoms with E-state index in [2.05, 4.69) is 12.2 Å². The van der Waals surface area contributed by atoms with Gasteiger partial charge in [0.15, 0.2) is 0 Å². The fourth-order valence-corrected chi connectivity index (χ4v) is 22.8. The molecule has 0 nitrogen and oxygen atoms in total. The Kier molecular flexibility index (Phi) is 1.40. The Morgan fingerprint density at radius 1 is 1.00 bits per heavy atom. The minimum atomic E-state index is 1.04. The molecule has 38 valence electrons. The van der Waals surface area contributed by atoms with Gasteiger partial charge in [0.1, 0.15) is 0 Å². The molecule has 2 aliphatic rings. The van der Waals surface area contributed by atoms with Crippen LogP contribution in [0.1, 0.15) is 0 Å². The molecule has 0 saturated carbocycles. The molecule has 2 unspecified atom stereocenters. The quantitative estimate of drug-likeness (QED) is 0.438. The van der Waals surface area contributed by atoms with E-state index in [1.165, 1.54) is 0 Å². The first-order chi connectivity index (χ1) is 3.45. The molecule has 2 bridgehead atoms. The zero-order chi connectivity index (χ0) is 4.69. The summed E-state index contributed by atoms with van der Waals surface area (Å²) < 4.78 is 2.29. The summed E-state index contributed by atoms with van der Waals surface area (Å²) in [6, 6.07) is 0. The summed E-state index contributed by atoms with van der Waals surface area (Å²) in [5, 5.41) is 0. The summed E-state index contributed by atoms with van der Waals surface area (Å²) in [5.41, 5.74) is 0. The van der Waals surface area contributed by atoms with Gasteiger partial charge in [0.2, 0.25) is 0 Å². The van der Waals surface area contributed by atoms with Gasteiger partial charge in [-0.05, 0) is 0 Å². The van der Waals surface area contributed by atoms with Gasteiger partial charge in [0, 0.05) is 0 Å². The van der Waals surface area contributed by atoms with Gasteiger partial charge in [-0.1, -0.05) is 0 Å². The van der Waals surface area contributed by atoms with E-state index in [0.29, 0.717) is 0 Å². The molecule has 0 amide bonds. The van der Waals surface area contributed by atoms with Crippen molar-refractivity contribution in [2.75, 3.05) is 0 Å². The van der Waals surface area contributed by atoms with Crippen molar-refractivity contribution in [1.82, 2.24) is 0 Å². The third-order valence-corrected chi connectivity index (χ3v) is 21.1. The van der Waals surface area contributed by atoms with Gasteiger partial charge >= 0.3 is 60.8 Å². The molecular formula is C4H4Se3. The minimum absolute atomic E-state index is 1.04. The summed E-state index contributed by atoms with van der Waals surface area (Å²) in [6.45, 7) is 0. The molecule has 3 heteroatoms. The van der Waals surface area contributed by atoms with Crippen LogP contribution in [-0.2, 0) is 0 Å². The van der Waals surface area contributed by atoms with Crippen LogP contribution in [0, 0.1) is 0 Å². The Labute approximate surface area is 60.5 Å². The monoisotopic (exact) mass is 292 g/mol. The summed E-state index contributed by atoms with van der Waals surface area (Å²) in [6.07, 6.45) is 4.91. The normalized spacial score (nSPS) is 45.7. The third kappa shape index (κ3) is 0.875. The van der Waals surface area contributed by atoms with Crippen LogP contribution in [0.5, 0.6) is 0 Å². The van der Waals surface area contributed by atoms with Crippen molar-refractivity contribution in [3.05, 3.63) is 12.2 Å². The molecule has 0 spiro atoms. The average molecular weight is 289 g/mol. The molecule has 2 rings (SSSR count). The Balaban J connectivity index is 2.27. The number of rotatable bonds is 0. The van der Waals surface area contributed by atoms with Crippen molar-refractivity contribution in [3.8, 4) is 0 Å². The summed E-state index contributed by atoms with van der Waals surface area (Å²) in [4.78, 5) is 0. The second kappa shape index (κ2) is 1.91. The predicted octanol–water partition coefficient (Wildman–Crippen LogP) is 0.0894. The van der Waals surface area contributed by atoms with Gasteiger partial charge in [-0.3, -0.25) is 0 Å². The molecule has 0 radical (unpaired) electrons. The van der Waals surface area contributed by atoms with Crippen molar-refractivity contribution >= 4 is 41.2 Å². The maximum absolute atomic E-state index is 2.45.